The van der Waals surface area contributed by atoms with E-state index < -0.39 is 12.0 Å². The van der Waals surface area contributed by atoms with E-state index in [4.69, 9.17) is 0 Å². The zero-order valence-electron chi connectivity index (χ0n) is 10.6. The molecule has 1 aromatic rings. The van der Waals surface area contributed by atoms with E-state index in [-0.39, 0.29) is 5.41 Å². The van der Waals surface area contributed by atoms with E-state index in [1.165, 1.54) is 0 Å². The summed E-state index contributed by atoms with van der Waals surface area (Å²) >= 11 is 0. The molecule has 0 saturated heterocycles. The average molecular weight is 239 g/mol. The van der Waals surface area contributed by atoms with Crippen LogP contribution >= 0.6 is 0 Å². The van der Waals surface area contributed by atoms with E-state index in [1.54, 1.807) is 7.05 Å². The number of nitrogens with one attached hydrogen (secondary N) is 1. The Hall–Kier alpha value is -0.960. The van der Waals surface area contributed by atoms with Gasteiger partial charge >= 0.3 is 0 Å². The van der Waals surface area contributed by atoms with Crippen molar-refractivity contribution in [2.75, 3.05) is 7.05 Å². The largest absolute Gasteiger partial charge is 0.306 e. The number of hydrogen-bond acceptors (Lipinski definition) is 1. The molecule has 1 nitrogen and oxygen atoms in total. The van der Waals surface area contributed by atoms with E-state index >= 15 is 0 Å². The molecule has 2 rings (SSSR count). The van der Waals surface area contributed by atoms with Crippen LogP contribution in [0.4, 0.5) is 8.78 Å². The smallest absolute Gasteiger partial charge is 0.260 e. The van der Waals surface area contributed by atoms with Crippen LogP contribution < -0.4 is 5.32 Å². The molecule has 1 N–H and O–H groups in total. The summed E-state index contributed by atoms with van der Waals surface area (Å²) in [6.45, 7) is 4.24. The SMILES string of the molecule is CNC1(C(F)F)CCC(C)(C)c2ccccc21. The number of benzene rings is 1. The standard InChI is InChI=1S/C14H19F2N/c1-13(2)8-9-14(17-3,12(15)16)11-7-5-4-6-10(11)13/h4-7,12,17H,8-9H2,1-3H3. The van der Waals surface area contributed by atoms with Crippen molar-refractivity contribution in [3.05, 3.63) is 35.4 Å². The Labute approximate surface area is 101 Å². The van der Waals surface area contributed by atoms with E-state index in [1.807, 2.05) is 24.3 Å². The molecule has 1 aliphatic rings. The van der Waals surface area contributed by atoms with Crippen LogP contribution in [-0.4, -0.2) is 13.5 Å². The number of fused-ring (bicyclic) bond motifs is 1. The molecule has 0 aromatic heterocycles. The summed E-state index contributed by atoms with van der Waals surface area (Å²) in [6, 6.07) is 7.58. The third kappa shape index (κ3) is 1.77. The highest BCUT2D eigenvalue weighted by atomic mass is 19.3. The van der Waals surface area contributed by atoms with Gasteiger partial charge in [0.2, 0.25) is 0 Å². The lowest BCUT2D eigenvalue weighted by Crippen LogP contribution is -2.51. The highest BCUT2D eigenvalue weighted by molar-refractivity contribution is 5.41. The highest BCUT2D eigenvalue weighted by Crippen LogP contribution is 2.46. The van der Waals surface area contributed by atoms with Crippen molar-refractivity contribution in [1.82, 2.24) is 5.32 Å². The Morgan fingerprint density at radius 3 is 2.24 bits per heavy atom. The first-order chi connectivity index (χ1) is 7.94. The maximum atomic E-state index is 13.4. The summed E-state index contributed by atoms with van der Waals surface area (Å²) in [5, 5.41) is 2.86. The minimum atomic E-state index is -2.38. The summed E-state index contributed by atoms with van der Waals surface area (Å²) in [5.41, 5.74) is 0.604. The number of rotatable bonds is 2. The summed E-state index contributed by atoms with van der Waals surface area (Å²) in [6.07, 6.45) is -1.13. The lowest BCUT2D eigenvalue weighted by molar-refractivity contribution is 0.0147. The van der Waals surface area contributed by atoms with Gasteiger partial charge in [0.15, 0.2) is 0 Å². The van der Waals surface area contributed by atoms with Crippen molar-refractivity contribution in [1.29, 1.82) is 0 Å². The quantitative estimate of drug-likeness (QED) is 0.833. The molecule has 0 aliphatic heterocycles. The van der Waals surface area contributed by atoms with Gasteiger partial charge in [0.25, 0.3) is 6.43 Å². The fourth-order valence-electron chi connectivity index (χ4n) is 2.84. The predicted molar refractivity (Wildman–Crippen MR) is 65.4 cm³/mol. The molecule has 1 aliphatic carbocycles. The molecule has 0 heterocycles. The van der Waals surface area contributed by atoms with Crippen LogP contribution in [0.15, 0.2) is 24.3 Å². The lowest BCUT2D eigenvalue weighted by Gasteiger charge is -2.44. The second-order valence-electron chi connectivity index (χ2n) is 5.45. The number of hydrogen-bond donors (Lipinski definition) is 1. The first-order valence-electron chi connectivity index (χ1n) is 6.01. The van der Waals surface area contributed by atoms with Gasteiger partial charge in [0, 0.05) is 0 Å². The van der Waals surface area contributed by atoms with E-state index in [0.717, 1.165) is 17.5 Å². The van der Waals surface area contributed by atoms with Gasteiger partial charge in [-0.2, -0.15) is 0 Å². The first kappa shape index (κ1) is 12.5. The van der Waals surface area contributed by atoms with Crippen molar-refractivity contribution in [2.24, 2.45) is 0 Å². The Morgan fingerprint density at radius 1 is 1.12 bits per heavy atom. The molecule has 1 unspecified atom stereocenters. The Balaban J connectivity index is 2.62. The molecular weight excluding hydrogens is 220 g/mol. The first-order valence-corrected chi connectivity index (χ1v) is 6.01. The van der Waals surface area contributed by atoms with Crippen LogP contribution in [-0.2, 0) is 11.0 Å². The summed E-state index contributed by atoms with van der Waals surface area (Å²) < 4.78 is 26.9. The van der Waals surface area contributed by atoms with Crippen molar-refractivity contribution in [3.63, 3.8) is 0 Å². The fraction of sp³-hybridized carbons (Fsp3) is 0.571. The van der Waals surface area contributed by atoms with Crippen molar-refractivity contribution in [3.8, 4) is 0 Å². The summed E-state index contributed by atoms with van der Waals surface area (Å²) in [5.74, 6) is 0. The summed E-state index contributed by atoms with van der Waals surface area (Å²) in [4.78, 5) is 0. The van der Waals surface area contributed by atoms with Gasteiger partial charge in [-0.15, -0.1) is 0 Å². The van der Waals surface area contributed by atoms with Gasteiger partial charge in [0.05, 0.1) is 0 Å². The van der Waals surface area contributed by atoms with Gasteiger partial charge in [-0.3, -0.25) is 0 Å². The minimum Gasteiger partial charge on any atom is -0.306 e. The Kier molecular flexibility index (Phi) is 2.98. The second kappa shape index (κ2) is 4.05. The van der Waals surface area contributed by atoms with E-state index in [2.05, 4.69) is 19.2 Å². The number of halogens is 2. The van der Waals surface area contributed by atoms with Crippen LogP contribution in [0.2, 0.25) is 0 Å². The maximum absolute atomic E-state index is 13.4. The van der Waals surface area contributed by atoms with E-state index in [9.17, 15) is 8.78 Å². The topological polar surface area (TPSA) is 12.0 Å². The molecule has 1 aromatic carbocycles. The maximum Gasteiger partial charge on any atom is 0.260 e. The molecule has 0 fully saturated rings. The van der Waals surface area contributed by atoms with Gasteiger partial charge < -0.3 is 5.32 Å². The van der Waals surface area contributed by atoms with Crippen molar-refractivity contribution in [2.45, 2.75) is 44.1 Å². The molecule has 17 heavy (non-hydrogen) atoms. The summed E-state index contributed by atoms with van der Waals surface area (Å²) in [7, 11) is 1.63. The molecule has 1 atom stereocenters. The Morgan fingerprint density at radius 2 is 1.71 bits per heavy atom. The van der Waals surface area contributed by atoms with Gasteiger partial charge in [-0.25, -0.2) is 8.78 Å². The molecule has 0 radical (unpaired) electrons. The third-order valence-corrected chi connectivity index (χ3v) is 4.10. The monoisotopic (exact) mass is 239 g/mol. The average Bonchev–Trinajstić information content (AvgIpc) is 2.30. The molecule has 0 spiro atoms. The van der Waals surface area contributed by atoms with Crippen LogP contribution in [0.3, 0.4) is 0 Å². The zero-order chi connectivity index (χ0) is 12.7. The van der Waals surface area contributed by atoms with Crippen LogP contribution in [0.1, 0.15) is 37.8 Å². The Bertz CT molecular complexity index is 414. The van der Waals surface area contributed by atoms with Gasteiger partial charge in [0.1, 0.15) is 5.54 Å². The van der Waals surface area contributed by atoms with Crippen LogP contribution in [0.25, 0.3) is 0 Å². The van der Waals surface area contributed by atoms with Crippen molar-refractivity contribution < 1.29 is 8.78 Å². The number of alkyl halides is 2. The third-order valence-electron chi connectivity index (χ3n) is 4.10. The lowest BCUT2D eigenvalue weighted by atomic mass is 9.65. The molecule has 0 saturated carbocycles. The molecule has 94 valence electrons. The molecule has 0 amide bonds. The van der Waals surface area contributed by atoms with Crippen LogP contribution in [0.5, 0.6) is 0 Å². The molecular formula is C14H19F2N. The van der Waals surface area contributed by atoms with Crippen LogP contribution in [0, 0.1) is 0 Å². The van der Waals surface area contributed by atoms with Crippen molar-refractivity contribution >= 4 is 0 Å². The highest BCUT2D eigenvalue weighted by Gasteiger charge is 2.47. The predicted octanol–water partition coefficient (Wildman–Crippen LogP) is 3.44. The minimum absolute atomic E-state index is 0.0220. The van der Waals surface area contributed by atoms with Gasteiger partial charge in [-0.05, 0) is 36.4 Å². The zero-order valence-corrected chi connectivity index (χ0v) is 10.6. The fourth-order valence-corrected chi connectivity index (χ4v) is 2.84. The van der Waals surface area contributed by atoms with E-state index in [0.29, 0.717) is 6.42 Å². The normalized spacial score (nSPS) is 26.9. The molecule has 0 bridgehead atoms. The van der Waals surface area contributed by atoms with Gasteiger partial charge in [-0.1, -0.05) is 38.1 Å². The molecule has 3 heteroatoms. The second-order valence-corrected chi connectivity index (χ2v) is 5.45.